The van der Waals surface area contributed by atoms with E-state index in [4.69, 9.17) is 4.43 Å². The first-order valence-electron chi connectivity index (χ1n) is 5.35. The maximum Gasteiger partial charge on any atom is 0.186 e. The van der Waals surface area contributed by atoms with Crippen molar-refractivity contribution >= 4 is 26.8 Å². The number of hydrogen-bond donors (Lipinski definition) is 0. The highest BCUT2D eigenvalue weighted by Crippen LogP contribution is 2.26. The van der Waals surface area contributed by atoms with E-state index < -0.39 is 15.5 Å². The Morgan fingerprint density at radius 2 is 1.64 bits per heavy atom. The quantitative estimate of drug-likeness (QED) is 0.658. The van der Waals surface area contributed by atoms with Gasteiger partial charge in [0.1, 0.15) is 7.22 Å². The zero-order valence-electron chi connectivity index (χ0n) is 10.8. The largest absolute Gasteiger partial charge is 0.420 e. The fraction of sp³-hybridized carbons (Fsp3) is 1.00. The van der Waals surface area contributed by atoms with Gasteiger partial charge in [0.15, 0.2) is 8.32 Å². The number of hydrogen-bond acceptors (Lipinski definition) is 2. The van der Waals surface area contributed by atoms with E-state index in [0.717, 1.165) is 5.92 Å². The fourth-order valence-electron chi connectivity index (χ4n) is 1.37. The van der Waals surface area contributed by atoms with Crippen molar-refractivity contribution in [3.05, 3.63) is 0 Å². The normalized spacial score (nSPS) is 15.6. The Labute approximate surface area is 95.8 Å². The van der Waals surface area contributed by atoms with Gasteiger partial charge in [0, 0.05) is 7.11 Å². The van der Waals surface area contributed by atoms with E-state index in [0.29, 0.717) is 0 Å². The molecule has 0 aromatic heterocycles. The van der Waals surface area contributed by atoms with Crippen molar-refractivity contribution in [2.24, 2.45) is 5.92 Å². The van der Waals surface area contributed by atoms with E-state index in [1.54, 1.807) is 0 Å². The summed E-state index contributed by atoms with van der Waals surface area (Å²) in [7, 11) is -0.383. The molecule has 0 saturated heterocycles. The van der Waals surface area contributed by atoms with Crippen molar-refractivity contribution in [3.63, 3.8) is 0 Å². The molecule has 0 aliphatic rings. The highest BCUT2D eigenvalue weighted by molar-refractivity contribution is 8.28. The molecule has 0 saturated carbocycles. The number of rotatable bonds is 6. The van der Waals surface area contributed by atoms with Crippen LogP contribution in [0.25, 0.3) is 0 Å². The van der Waals surface area contributed by atoms with Crippen molar-refractivity contribution in [3.8, 4) is 0 Å². The topological polar surface area (TPSA) is 9.23 Å². The van der Waals surface area contributed by atoms with Gasteiger partial charge in [-0.1, -0.05) is 26.6 Å². The Balaban J connectivity index is 3.82. The summed E-state index contributed by atoms with van der Waals surface area (Å²) in [5.74, 6) is 2.13. The first-order valence-corrected chi connectivity index (χ1v) is 13.7. The highest BCUT2D eigenvalue weighted by atomic mass is 32.4. The van der Waals surface area contributed by atoms with E-state index in [-0.39, 0.29) is 0 Å². The molecule has 0 rings (SSSR count). The summed E-state index contributed by atoms with van der Waals surface area (Å²) in [6.07, 6.45) is 0. The Kier molecular flexibility index (Phi) is 6.03. The summed E-state index contributed by atoms with van der Waals surface area (Å²) in [4.78, 5) is 0. The van der Waals surface area contributed by atoms with Crippen LogP contribution in [0.5, 0.6) is 0 Å². The molecule has 1 unspecified atom stereocenters. The van der Waals surface area contributed by atoms with Gasteiger partial charge in [-0.05, 0) is 30.8 Å². The molecule has 0 aromatic carbocycles. The molecule has 0 spiro atoms. The summed E-state index contributed by atoms with van der Waals surface area (Å²) in [5.41, 5.74) is 0. The minimum Gasteiger partial charge on any atom is -0.420 e. The molecule has 0 amide bonds. The Hall–Kier alpha value is 0.744. The second kappa shape index (κ2) is 5.73. The van der Waals surface area contributed by atoms with Crippen molar-refractivity contribution in [1.82, 2.24) is 0 Å². The van der Waals surface area contributed by atoms with Gasteiger partial charge in [0.25, 0.3) is 0 Å². The zero-order valence-corrected chi connectivity index (χ0v) is 13.6. The molecule has 0 radical (unpaired) electrons. The second-order valence-corrected chi connectivity index (χ2v) is 19.4. The van der Waals surface area contributed by atoms with Gasteiger partial charge >= 0.3 is 0 Å². The molecule has 0 bridgehead atoms. The Morgan fingerprint density at radius 1 is 1.14 bits per heavy atom. The van der Waals surface area contributed by atoms with Crippen LogP contribution in [0.2, 0.25) is 38.8 Å². The first-order chi connectivity index (χ1) is 6.16. The lowest BCUT2D eigenvalue weighted by atomic mass is 10.3. The smallest absolute Gasteiger partial charge is 0.186 e. The average molecular weight is 251 g/mol. The lowest BCUT2D eigenvalue weighted by Gasteiger charge is -2.25. The van der Waals surface area contributed by atoms with Crippen molar-refractivity contribution in [1.29, 1.82) is 0 Å². The summed E-state index contributed by atoms with van der Waals surface area (Å²) in [6.45, 7) is 14.2. The van der Waals surface area contributed by atoms with Crippen LogP contribution in [0, 0.1) is 5.92 Å². The molecular formula is C10H26OSSi2. The molecule has 0 fully saturated rings. The third-order valence-electron chi connectivity index (χ3n) is 2.19. The van der Waals surface area contributed by atoms with Gasteiger partial charge in [-0.3, -0.25) is 0 Å². The van der Waals surface area contributed by atoms with E-state index in [2.05, 4.69) is 50.9 Å². The van der Waals surface area contributed by atoms with Crippen LogP contribution in [-0.2, 0) is 4.43 Å². The minimum absolute atomic E-state index is 0.813. The molecule has 1 nitrogen and oxygen atoms in total. The van der Waals surface area contributed by atoms with Crippen LogP contribution in [-0.4, -0.2) is 28.4 Å². The first kappa shape index (κ1) is 14.7. The molecule has 0 aliphatic carbocycles. The fourth-order valence-corrected chi connectivity index (χ4v) is 6.83. The van der Waals surface area contributed by atoms with Crippen LogP contribution >= 0.6 is 11.2 Å². The van der Waals surface area contributed by atoms with Crippen LogP contribution in [0.3, 0.4) is 0 Å². The van der Waals surface area contributed by atoms with Gasteiger partial charge in [-0.15, -0.1) is 0 Å². The third kappa shape index (κ3) is 8.09. The van der Waals surface area contributed by atoms with Crippen molar-refractivity contribution < 1.29 is 4.43 Å². The zero-order chi connectivity index (χ0) is 11.4. The van der Waals surface area contributed by atoms with Crippen LogP contribution in [0.15, 0.2) is 0 Å². The van der Waals surface area contributed by atoms with Crippen LogP contribution in [0.4, 0.5) is 0 Å². The lowest BCUT2D eigenvalue weighted by Crippen LogP contribution is -2.31. The highest BCUT2D eigenvalue weighted by Gasteiger charge is 2.24. The predicted molar refractivity (Wildman–Crippen MR) is 74.3 cm³/mol. The van der Waals surface area contributed by atoms with Crippen LogP contribution in [0.1, 0.15) is 6.92 Å². The molecule has 0 aromatic rings. The lowest BCUT2D eigenvalue weighted by molar-refractivity contribution is 0.396. The summed E-state index contributed by atoms with van der Waals surface area (Å²) >= 11 is 2.20. The molecular weight excluding hydrogens is 224 g/mol. The van der Waals surface area contributed by atoms with Crippen molar-refractivity contribution in [2.45, 2.75) is 45.7 Å². The second-order valence-electron chi connectivity index (χ2n) is 5.70. The van der Waals surface area contributed by atoms with E-state index in [1.165, 1.54) is 11.8 Å². The molecule has 14 heavy (non-hydrogen) atoms. The van der Waals surface area contributed by atoms with Gasteiger partial charge in [-0.2, -0.15) is 11.2 Å². The summed E-state index contributed by atoms with van der Waals surface area (Å²) in [5, 5.41) is 0. The van der Waals surface area contributed by atoms with Crippen molar-refractivity contribution in [2.75, 3.05) is 12.9 Å². The van der Waals surface area contributed by atoms with Gasteiger partial charge in [0.05, 0.1) is 0 Å². The Morgan fingerprint density at radius 3 is 2.00 bits per heavy atom. The SMILES string of the molecule is CO[Si](C)(C)CC(C)CS[Si](C)(C)C. The Bertz CT molecular complexity index is 166. The third-order valence-corrected chi connectivity index (χ3v) is 9.68. The standard InChI is InChI=1S/C10H26OSSi2/c1-10(8-12-13(3,4)5)9-14(6,7)11-2/h10H,8-9H2,1-7H3. The van der Waals surface area contributed by atoms with E-state index in [9.17, 15) is 0 Å². The predicted octanol–water partition coefficient (Wildman–Crippen LogP) is 4.04. The molecule has 1 atom stereocenters. The minimum atomic E-state index is -1.33. The van der Waals surface area contributed by atoms with Gasteiger partial charge in [0.2, 0.25) is 0 Å². The van der Waals surface area contributed by atoms with E-state index in [1.807, 2.05) is 7.11 Å². The summed E-state index contributed by atoms with van der Waals surface area (Å²) < 4.78 is 5.58. The van der Waals surface area contributed by atoms with Gasteiger partial charge < -0.3 is 4.43 Å². The maximum atomic E-state index is 5.58. The summed E-state index contributed by atoms with van der Waals surface area (Å²) in [6, 6.07) is 1.29. The molecule has 86 valence electrons. The van der Waals surface area contributed by atoms with Gasteiger partial charge in [-0.25, -0.2) is 0 Å². The molecule has 0 aliphatic heterocycles. The maximum absolute atomic E-state index is 5.58. The molecule has 0 heterocycles. The molecule has 0 N–H and O–H groups in total. The average Bonchev–Trinajstić information content (AvgIpc) is 1.99. The van der Waals surface area contributed by atoms with Crippen LogP contribution < -0.4 is 0 Å². The monoisotopic (exact) mass is 250 g/mol. The van der Waals surface area contributed by atoms with E-state index >= 15 is 0 Å². The molecule has 4 heteroatoms.